The van der Waals surface area contributed by atoms with Gasteiger partial charge in [0.05, 0.1) is 17.9 Å². The Hall–Kier alpha value is -4.16. The van der Waals surface area contributed by atoms with Crippen LogP contribution in [0.2, 0.25) is 0 Å². The number of hydrogen-bond acceptors (Lipinski definition) is 7. The number of aliphatic hydroxyl groups excluding tert-OH is 1. The fourth-order valence-electron chi connectivity index (χ4n) is 5.13. The smallest absolute Gasteiger partial charge is 0.405 e. The minimum Gasteiger partial charge on any atom is -0.465 e. The summed E-state index contributed by atoms with van der Waals surface area (Å²) < 4.78 is 26.0. The topological polar surface area (TPSA) is 152 Å². The van der Waals surface area contributed by atoms with E-state index in [0.29, 0.717) is 30.7 Å². The summed E-state index contributed by atoms with van der Waals surface area (Å²) in [7, 11) is -2.31. The maximum absolute atomic E-state index is 13.5. The number of sulfonamides is 1. The average Bonchev–Trinajstić information content (AvgIpc) is 3.68. The summed E-state index contributed by atoms with van der Waals surface area (Å²) in [5, 5.41) is 25.7. The molecule has 1 aliphatic rings. The highest BCUT2D eigenvalue weighted by atomic mass is 32.2. The van der Waals surface area contributed by atoms with Crippen LogP contribution in [0.1, 0.15) is 41.8 Å². The van der Waals surface area contributed by atoms with Crippen molar-refractivity contribution < 1.29 is 28.2 Å². The fourth-order valence-corrected chi connectivity index (χ4v) is 5.56. The van der Waals surface area contributed by atoms with Crippen LogP contribution in [0.4, 0.5) is 16.4 Å². The molecule has 3 aromatic rings. The first kappa shape index (κ1) is 32.7. The van der Waals surface area contributed by atoms with E-state index >= 15 is 0 Å². The Kier molecular flexibility index (Phi) is 10.2. The van der Waals surface area contributed by atoms with Crippen LogP contribution in [0.5, 0.6) is 0 Å². The number of benzene rings is 2. The Balaban J connectivity index is 1.62. The Morgan fingerprint density at radius 1 is 1.05 bits per heavy atom. The number of carbonyl (C=O) groups is 2. The van der Waals surface area contributed by atoms with Gasteiger partial charge in [-0.25, -0.2) is 18.2 Å². The molecule has 4 rings (SSSR count). The SMILES string of the molecule is C[C@H]1C[C@@H]1CN(Cc1ccccc1)c1cc(C(=O)NCC(O)[C@@](C)(Cc2ccccc2)NC(=O)O)cc(N(C)S(C)(=O)=O)n1. The van der Waals surface area contributed by atoms with Crippen molar-refractivity contribution in [2.75, 3.05) is 35.6 Å². The summed E-state index contributed by atoms with van der Waals surface area (Å²) in [5.74, 6) is 0.983. The van der Waals surface area contributed by atoms with Crippen molar-refractivity contribution in [1.82, 2.24) is 15.6 Å². The summed E-state index contributed by atoms with van der Waals surface area (Å²) >= 11 is 0. The molecule has 1 fully saturated rings. The molecular weight excluding hydrogens is 582 g/mol. The molecular formula is C32H41N5O6S. The molecule has 1 aliphatic carbocycles. The van der Waals surface area contributed by atoms with E-state index in [1.54, 1.807) is 13.0 Å². The highest BCUT2D eigenvalue weighted by Gasteiger charge is 2.36. The molecule has 0 bridgehead atoms. The third-order valence-electron chi connectivity index (χ3n) is 8.15. The van der Waals surface area contributed by atoms with E-state index in [1.165, 1.54) is 13.1 Å². The maximum atomic E-state index is 13.5. The number of pyridine rings is 1. The second kappa shape index (κ2) is 13.6. The normalized spacial score (nSPS) is 18.0. The molecule has 44 heavy (non-hydrogen) atoms. The van der Waals surface area contributed by atoms with Crippen molar-refractivity contribution >= 4 is 33.7 Å². The lowest BCUT2D eigenvalue weighted by atomic mass is 9.87. The molecule has 1 aromatic heterocycles. The monoisotopic (exact) mass is 623 g/mol. The molecule has 0 aliphatic heterocycles. The van der Waals surface area contributed by atoms with E-state index in [4.69, 9.17) is 0 Å². The molecule has 4 atom stereocenters. The van der Waals surface area contributed by atoms with Gasteiger partial charge in [0, 0.05) is 32.2 Å². The molecule has 11 nitrogen and oxygen atoms in total. The van der Waals surface area contributed by atoms with Crippen LogP contribution in [-0.2, 0) is 23.0 Å². The second-order valence-corrected chi connectivity index (χ2v) is 13.9. The number of nitrogens with zero attached hydrogens (tertiary/aromatic N) is 3. The van der Waals surface area contributed by atoms with Gasteiger partial charge < -0.3 is 25.7 Å². The number of hydrogen-bond donors (Lipinski definition) is 4. The van der Waals surface area contributed by atoms with Crippen LogP contribution >= 0.6 is 0 Å². The van der Waals surface area contributed by atoms with Crippen molar-refractivity contribution in [2.45, 2.75) is 44.9 Å². The van der Waals surface area contributed by atoms with Gasteiger partial charge in [0.15, 0.2) is 0 Å². The summed E-state index contributed by atoms with van der Waals surface area (Å²) in [6.07, 6.45) is -0.258. The van der Waals surface area contributed by atoms with E-state index in [0.717, 1.165) is 28.1 Å². The Morgan fingerprint density at radius 3 is 2.16 bits per heavy atom. The summed E-state index contributed by atoms with van der Waals surface area (Å²) in [6, 6.07) is 22.0. The first-order valence-corrected chi connectivity index (χ1v) is 16.4. The number of carbonyl (C=O) groups excluding carboxylic acids is 1. The van der Waals surface area contributed by atoms with Crippen molar-refractivity contribution in [2.24, 2.45) is 11.8 Å². The molecule has 1 heterocycles. The second-order valence-electron chi connectivity index (χ2n) is 11.9. The molecule has 236 valence electrons. The van der Waals surface area contributed by atoms with Crippen LogP contribution in [0.25, 0.3) is 0 Å². The van der Waals surface area contributed by atoms with Gasteiger partial charge in [0.1, 0.15) is 11.6 Å². The van der Waals surface area contributed by atoms with Crippen LogP contribution in [0.3, 0.4) is 0 Å². The molecule has 2 amide bonds. The zero-order valence-electron chi connectivity index (χ0n) is 25.5. The standard InChI is InChI=1S/C32H41N5O6S/c1-22-15-26(22)21-37(20-24-13-9-6-10-14-24)29-17-25(16-28(34-29)36(3)44(4,42)43)30(39)33-19-27(38)32(2,35-31(40)41)18-23-11-7-5-8-12-23/h5-14,16-17,22,26-27,35,38H,15,18-21H2,1-4H3,(H,33,39)(H,40,41)/t22-,26+,27?,32+/m0/s1. The molecule has 1 saturated carbocycles. The number of aliphatic hydroxyl groups is 1. The molecule has 0 saturated heterocycles. The summed E-state index contributed by atoms with van der Waals surface area (Å²) in [6.45, 7) is 4.70. The van der Waals surface area contributed by atoms with Gasteiger partial charge in [-0.1, -0.05) is 67.6 Å². The van der Waals surface area contributed by atoms with Crippen molar-refractivity contribution in [1.29, 1.82) is 0 Å². The summed E-state index contributed by atoms with van der Waals surface area (Å²) in [5.41, 5.74) is 0.705. The van der Waals surface area contributed by atoms with Crippen LogP contribution in [0.15, 0.2) is 72.8 Å². The number of carboxylic acid groups (broad SMARTS) is 1. The van der Waals surface area contributed by atoms with Gasteiger partial charge >= 0.3 is 6.09 Å². The van der Waals surface area contributed by atoms with Gasteiger partial charge in [0.25, 0.3) is 5.91 Å². The Bertz CT molecular complexity index is 1560. The molecule has 0 spiro atoms. The average molecular weight is 624 g/mol. The van der Waals surface area contributed by atoms with Gasteiger partial charge in [-0.15, -0.1) is 0 Å². The number of anilines is 2. The van der Waals surface area contributed by atoms with Gasteiger partial charge in [-0.05, 0) is 54.9 Å². The van der Waals surface area contributed by atoms with Crippen molar-refractivity contribution in [3.63, 3.8) is 0 Å². The third-order valence-corrected chi connectivity index (χ3v) is 9.33. The van der Waals surface area contributed by atoms with Crippen molar-refractivity contribution in [3.05, 3.63) is 89.5 Å². The lowest BCUT2D eigenvalue weighted by Gasteiger charge is -2.34. The molecule has 12 heteroatoms. The quantitative estimate of drug-likeness (QED) is 0.213. The van der Waals surface area contributed by atoms with Crippen molar-refractivity contribution in [3.8, 4) is 0 Å². The van der Waals surface area contributed by atoms with E-state index in [9.17, 15) is 28.2 Å². The van der Waals surface area contributed by atoms with Crippen LogP contribution in [-0.4, -0.2) is 73.7 Å². The first-order chi connectivity index (χ1) is 20.7. The highest BCUT2D eigenvalue weighted by Crippen LogP contribution is 2.39. The lowest BCUT2D eigenvalue weighted by Crippen LogP contribution is -2.58. The minimum absolute atomic E-state index is 0.0825. The van der Waals surface area contributed by atoms with E-state index in [-0.39, 0.29) is 24.3 Å². The number of nitrogens with one attached hydrogen (secondary N) is 2. The predicted octanol–water partition coefficient (Wildman–Crippen LogP) is 3.50. The number of aromatic nitrogens is 1. The van der Waals surface area contributed by atoms with E-state index in [2.05, 4.69) is 27.4 Å². The molecule has 2 aromatic carbocycles. The molecule has 4 N–H and O–H groups in total. The third kappa shape index (κ3) is 8.70. The predicted molar refractivity (Wildman–Crippen MR) is 170 cm³/mol. The van der Waals surface area contributed by atoms with Gasteiger partial charge in [-0.2, -0.15) is 0 Å². The first-order valence-electron chi connectivity index (χ1n) is 14.5. The van der Waals surface area contributed by atoms with Gasteiger partial charge in [-0.3, -0.25) is 9.10 Å². The highest BCUT2D eigenvalue weighted by molar-refractivity contribution is 7.92. The largest absolute Gasteiger partial charge is 0.465 e. The fraction of sp³-hybridized carbons (Fsp3) is 0.406. The van der Waals surface area contributed by atoms with Gasteiger partial charge in [0.2, 0.25) is 10.0 Å². The lowest BCUT2D eigenvalue weighted by molar-refractivity contribution is 0.0629. The Labute approximate surface area is 259 Å². The van der Waals surface area contributed by atoms with Crippen LogP contribution in [0, 0.1) is 11.8 Å². The number of rotatable bonds is 14. The minimum atomic E-state index is -3.69. The number of amides is 2. The Morgan fingerprint density at radius 2 is 1.61 bits per heavy atom. The van der Waals surface area contributed by atoms with E-state index in [1.807, 2.05) is 60.7 Å². The maximum Gasteiger partial charge on any atom is 0.405 e. The zero-order valence-corrected chi connectivity index (χ0v) is 26.3. The zero-order chi connectivity index (χ0) is 32.1. The summed E-state index contributed by atoms with van der Waals surface area (Å²) in [4.78, 5) is 31.9. The van der Waals surface area contributed by atoms with E-state index < -0.39 is 33.7 Å². The molecule has 0 radical (unpaired) electrons. The molecule has 1 unspecified atom stereocenters. The van der Waals surface area contributed by atoms with Crippen LogP contribution < -0.4 is 19.8 Å².